The fourth-order valence-corrected chi connectivity index (χ4v) is 3.77. The van der Waals surface area contributed by atoms with E-state index in [0.29, 0.717) is 16.3 Å². The number of imide groups is 1. The fraction of sp³-hybridized carbons (Fsp3) is 0.143. The smallest absolute Gasteiger partial charge is 0.332 e. The number of amides is 3. The molecule has 27 heavy (non-hydrogen) atoms. The van der Waals surface area contributed by atoms with Crippen LogP contribution in [-0.2, 0) is 10.3 Å². The summed E-state index contributed by atoms with van der Waals surface area (Å²) in [5.74, 6) is -0.254. The molecule has 3 aromatic rings. The molecule has 1 saturated heterocycles. The molecular weight excluding hydrogens is 364 g/mol. The van der Waals surface area contributed by atoms with Crippen LogP contribution in [-0.4, -0.2) is 29.0 Å². The SMILES string of the molecule is CN1C(=O)N(c2ccc(Cl)c3ccccc23)C(=O)C1(C)c1ccc(O)cc1. The number of carbonyl (C=O) groups is 2. The molecule has 5 nitrogen and oxygen atoms in total. The molecule has 1 aliphatic rings. The van der Waals surface area contributed by atoms with Crippen LogP contribution in [0.2, 0.25) is 5.02 Å². The molecule has 0 aromatic heterocycles. The third-order valence-electron chi connectivity index (χ3n) is 5.29. The average Bonchev–Trinajstić information content (AvgIpc) is 2.85. The van der Waals surface area contributed by atoms with Crippen molar-refractivity contribution in [2.75, 3.05) is 11.9 Å². The molecule has 1 aliphatic heterocycles. The first kappa shape index (κ1) is 17.4. The monoisotopic (exact) mass is 380 g/mol. The van der Waals surface area contributed by atoms with Crippen molar-refractivity contribution in [1.29, 1.82) is 0 Å². The highest BCUT2D eigenvalue weighted by Gasteiger charge is 2.54. The minimum atomic E-state index is -1.18. The van der Waals surface area contributed by atoms with Gasteiger partial charge in [-0.15, -0.1) is 0 Å². The summed E-state index contributed by atoms with van der Waals surface area (Å²) in [5.41, 5.74) is -0.0489. The number of rotatable bonds is 2. The molecule has 0 spiro atoms. The molecule has 1 fully saturated rings. The predicted molar refractivity (Wildman–Crippen MR) is 105 cm³/mol. The van der Waals surface area contributed by atoms with Gasteiger partial charge in [-0.25, -0.2) is 9.69 Å². The van der Waals surface area contributed by atoms with Gasteiger partial charge in [0, 0.05) is 22.8 Å². The Morgan fingerprint density at radius 1 is 0.926 bits per heavy atom. The lowest BCUT2D eigenvalue weighted by Crippen LogP contribution is -2.42. The quantitative estimate of drug-likeness (QED) is 0.665. The number of fused-ring (bicyclic) bond motifs is 1. The van der Waals surface area contributed by atoms with Gasteiger partial charge in [-0.05, 0) is 36.8 Å². The van der Waals surface area contributed by atoms with Crippen molar-refractivity contribution < 1.29 is 14.7 Å². The molecule has 0 saturated carbocycles. The van der Waals surface area contributed by atoms with Crippen LogP contribution in [0, 0.1) is 0 Å². The van der Waals surface area contributed by atoms with E-state index >= 15 is 0 Å². The molecule has 136 valence electrons. The van der Waals surface area contributed by atoms with E-state index in [1.54, 1.807) is 38.2 Å². The van der Waals surface area contributed by atoms with E-state index in [-0.39, 0.29) is 11.7 Å². The summed E-state index contributed by atoms with van der Waals surface area (Å²) < 4.78 is 0. The highest BCUT2D eigenvalue weighted by Crippen LogP contribution is 2.41. The topological polar surface area (TPSA) is 60.9 Å². The predicted octanol–water partition coefficient (Wildman–Crippen LogP) is 4.51. The summed E-state index contributed by atoms with van der Waals surface area (Å²) in [6.07, 6.45) is 0. The van der Waals surface area contributed by atoms with Crippen LogP contribution in [0.5, 0.6) is 5.75 Å². The number of anilines is 1. The number of phenols is 1. The highest BCUT2D eigenvalue weighted by molar-refractivity contribution is 6.37. The standard InChI is InChI=1S/C21H17ClN2O3/c1-21(13-7-9-14(25)10-8-13)19(26)24(20(27)23(21)2)18-12-11-17(22)15-5-3-4-6-16(15)18/h3-12,25H,1-2H3. The maximum atomic E-state index is 13.4. The largest absolute Gasteiger partial charge is 0.508 e. The third kappa shape index (κ3) is 2.39. The van der Waals surface area contributed by atoms with Crippen molar-refractivity contribution in [2.45, 2.75) is 12.5 Å². The number of aromatic hydroxyl groups is 1. The summed E-state index contributed by atoms with van der Waals surface area (Å²) in [7, 11) is 1.60. The van der Waals surface area contributed by atoms with E-state index in [0.717, 1.165) is 10.8 Å². The van der Waals surface area contributed by atoms with Crippen LogP contribution in [0.3, 0.4) is 0 Å². The van der Waals surface area contributed by atoms with E-state index in [1.807, 2.05) is 24.3 Å². The molecule has 0 radical (unpaired) electrons. The molecular formula is C21H17ClN2O3. The number of halogens is 1. The number of benzene rings is 3. The summed E-state index contributed by atoms with van der Waals surface area (Å²) in [5, 5.41) is 11.6. The Labute approximate surface area is 161 Å². The normalized spacial score (nSPS) is 20.0. The van der Waals surface area contributed by atoms with Gasteiger partial charge in [0.25, 0.3) is 5.91 Å². The maximum absolute atomic E-state index is 13.4. The molecule has 6 heteroatoms. The summed E-state index contributed by atoms with van der Waals surface area (Å²) in [6, 6.07) is 16.7. The first-order valence-corrected chi connectivity index (χ1v) is 8.82. The van der Waals surface area contributed by atoms with Gasteiger partial charge in [0.2, 0.25) is 0 Å². The van der Waals surface area contributed by atoms with Crippen LogP contribution < -0.4 is 4.90 Å². The molecule has 3 amide bonds. The Balaban J connectivity index is 1.89. The van der Waals surface area contributed by atoms with Gasteiger partial charge in [-0.3, -0.25) is 4.79 Å². The van der Waals surface area contributed by atoms with Crippen molar-refractivity contribution in [3.8, 4) is 5.75 Å². The first-order chi connectivity index (χ1) is 12.9. The lowest BCUT2D eigenvalue weighted by molar-refractivity contribution is -0.124. The number of urea groups is 1. The minimum absolute atomic E-state index is 0.0994. The molecule has 4 rings (SSSR count). The lowest BCUT2D eigenvalue weighted by Gasteiger charge is -2.28. The molecule has 0 aliphatic carbocycles. The molecule has 0 bridgehead atoms. The Kier molecular flexibility index (Phi) is 3.86. The van der Waals surface area contributed by atoms with Gasteiger partial charge in [-0.2, -0.15) is 0 Å². The van der Waals surface area contributed by atoms with E-state index < -0.39 is 11.6 Å². The number of carbonyl (C=O) groups excluding carboxylic acids is 2. The van der Waals surface area contributed by atoms with Crippen molar-refractivity contribution in [1.82, 2.24) is 4.90 Å². The van der Waals surface area contributed by atoms with Crippen LogP contribution in [0.15, 0.2) is 60.7 Å². The number of likely N-dealkylation sites (N-methyl/N-ethyl adjacent to an activating group) is 1. The zero-order chi connectivity index (χ0) is 19.3. The number of hydrogen-bond donors (Lipinski definition) is 1. The third-order valence-corrected chi connectivity index (χ3v) is 5.62. The van der Waals surface area contributed by atoms with Crippen LogP contribution >= 0.6 is 11.6 Å². The molecule has 3 aromatic carbocycles. The van der Waals surface area contributed by atoms with Crippen LogP contribution in [0.1, 0.15) is 12.5 Å². The zero-order valence-corrected chi connectivity index (χ0v) is 15.6. The lowest BCUT2D eigenvalue weighted by atomic mass is 9.90. The van der Waals surface area contributed by atoms with Crippen molar-refractivity contribution in [3.63, 3.8) is 0 Å². The van der Waals surface area contributed by atoms with E-state index in [2.05, 4.69) is 0 Å². The molecule has 1 atom stereocenters. The molecule has 1 unspecified atom stereocenters. The second-order valence-corrected chi connectivity index (χ2v) is 7.12. The van der Waals surface area contributed by atoms with Crippen LogP contribution in [0.4, 0.5) is 10.5 Å². The van der Waals surface area contributed by atoms with Crippen molar-refractivity contribution in [3.05, 3.63) is 71.2 Å². The van der Waals surface area contributed by atoms with Gasteiger partial charge in [0.1, 0.15) is 11.3 Å². The minimum Gasteiger partial charge on any atom is -0.508 e. The number of hydrogen-bond acceptors (Lipinski definition) is 3. The Morgan fingerprint density at radius 3 is 2.22 bits per heavy atom. The summed E-state index contributed by atoms with van der Waals surface area (Å²) in [6.45, 7) is 1.71. The van der Waals surface area contributed by atoms with Crippen molar-refractivity contribution >= 4 is 40.0 Å². The van der Waals surface area contributed by atoms with Gasteiger partial charge in [0.15, 0.2) is 0 Å². The van der Waals surface area contributed by atoms with Gasteiger partial charge >= 0.3 is 6.03 Å². The second kappa shape index (κ2) is 5.99. The summed E-state index contributed by atoms with van der Waals surface area (Å²) in [4.78, 5) is 29.1. The maximum Gasteiger partial charge on any atom is 0.332 e. The van der Waals surface area contributed by atoms with Gasteiger partial charge in [-0.1, -0.05) is 48.0 Å². The van der Waals surface area contributed by atoms with Gasteiger partial charge < -0.3 is 10.0 Å². The number of nitrogens with zero attached hydrogens (tertiary/aromatic N) is 2. The molecule has 1 N–H and O–H groups in total. The van der Waals surface area contributed by atoms with Crippen LogP contribution in [0.25, 0.3) is 10.8 Å². The first-order valence-electron chi connectivity index (χ1n) is 8.45. The Hall–Kier alpha value is -3.05. The van der Waals surface area contributed by atoms with E-state index in [4.69, 9.17) is 11.6 Å². The van der Waals surface area contributed by atoms with E-state index in [1.165, 1.54) is 21.9 Å². The number of phenolic OH excluding ortho intramolecular Hbond substituents is 1. The summed E-state index contributed by atoms with van der Waals surface area (Å²) >= 11 is 6.28. The Bertz CT molecular complexity index is 1080. The Morgan fingerprint density at radius 2 is 1.56 bits per heavy atom. The average molecular weight is 381 g/mol. The highest BCUT2D eigenvalue weighted by atomic mass is 35.5. The zero-order valence-electron chi connectivity index (χ0n) is 14.8. The van der Waals surface area contributed by atoms with E-state index in [9.17, 15) is 14.7 Å². The van der Waals surface area contributed by atoms with Crippen molar-refractivity contribution in [2.24, 2.45) is 0 Å². The molecule has 1 heterocycles. The van der Waals surface area contributed by atoms with Gasteiger partial charge in [0.05, 0.1) is 5.69 Å². The fourth-order valence-electron chi connectivity index (χ4n) is 3.55. The second-order valence-electron chi connectivity index (χ2n) is 6.71.